The molecule has 1 aromatic heterocycles. The molecule has 7 nitrogen and oxygen atoms in total. The van der Waals surface area contributed by atoms with Gasteiger partial charge in [-0.05, 0) is 18.2 Å². The van der Waals surface area contributed by atoms with Gasteiger partial charge in [0.1, 0.15) is 0 Å². The minimum atomic E-state index is -0.545. The van der Waals surface area contributed by atoms with Crippen molar-refractivity contribution in [3.05, 3.63) is 58.4 Å². The summed E-state index contributed by atoms with van der Waals surface area (Å²) in [5, 5.41) is 22.4. The van der Waals surface area contributed by atoms with Crippen LogP contribution in [0.1, 0.15) is 10.4 Å². The van der Waals surface area contributed by atoms with Gasteiger partial charge in [0.2, 0.25) is 0 Å². The van der Waals surface area contributed by atoms with Crippen LogP contribution in [-0.4, -0.2) is 20.9 Å². The molecule has 7 heteroatoms. The summed E-state index contributed by atoms with van der Waals surface area (Å²) in [6.45, 7) is 0. The Morgan fingerprint density at radius 3 is 2.53 bits per heavy atom. The first-order valence-electron chi connectivity index (χ1n) is 5.26. The van der Waals surface area contributed by atoms with Gasteiger partial charge in [0, 0.05) is 23.9 Å². The molecule has 1 heterocycles. The Bertz CT molecular complexity index is 625. The molecule has 19 heavy (non-hydrogen) atoms. The number of non-ortho nitro benzene ring substituents is 1. The molecule has 1 amide bonds. The van der Waals surface area contributed by atoms with Gasteiger partial charge in [0.05, 0.1) is 16.8 Å². The summed E-state index contributed by atoms with van der Waals surface area (Å²) in [5.74, 6) is -0.630. The molecule has 0 aliphatic carbocycles. The minimum absolute atomic E-state index is 0.0942. The second kappa shape index (κ2) is 5.13. The largest absolute Gasteiger partial charge is 0.504 e. The predicted octanol–water partition coefficient (Wildman–Crippen LogP) is 1.95. The maximum absolute atomic E-state index is 11.8. The van der Waals surface area contributed by atoms with Gasteiger partial charge >= 0.3 is 0 Å². The zero-order chi connectivity index (χ0) is 13.8. The van der Waals surface area contributed by atoms with E-state index in [-0.39, 0.29) is 22.7 Å². The number of pyridine rings is 1. The summed E-state index contributed by atoms with van der Waals surface area (Å²) < 4.78 is 0. The fraction of sp³-hybridized carbons (Fsp3) is 0. The number of nitrogens with one attached hydrogen (secondary N) is 1. The van der Waals surface area contributed by atoms with Crippen molar-refractivity contribution in [1.29, 1.82) is 0 Å². The summed E-state index contributed by atoms with van der Waals surface area (Å²) in [7, 11) is 0. The second-order valence-electron chi connectivity index (χ2n) is 3.65. The highest BCUT2D eigenvalue weighted by molar-refractivity contribution is 6.05. The Kier molecular flexibility index (Phi) is 3.37. The van der Waals surface area contributed by atoms with E-state index in [1.165, 1.54) is 42.7 Å². The lowest BCUT2D eigenvalue weighted by Gasteiger charge is -2.06. The monoisotopic (exact) mass is 259 g/mol. The minimum Gasteiger partial charge on any atom is -0.504 e. The van der Waals surface area contributed by atoms with E-state index in [1.54, 1.807) is 0 Å². The number of carbonyl (C=O) groups is 1. The Morgan fingerprint density at radius 1 is 1.26 bits per heavy atom. The summed E-state index contributed by atoms with van der Waals surface area (Å²) >= 11 is 0. The van der Waals surface area contributed by atoms with E-state index in [9.17, 15) is 20.0 Å². The van der Waals surface area contributed by atoms with Crippen molar-refractivity contribution in [2.24, 2.45) is 0 Å². The molecule has 0 radical (unpaired) electrons. The third-order valence-electron chi connectivity index (χ3n) is 2.39. The van der Waals surface area contributed by atoms with Crippen molar-refractivity contribution in [3.63, 3.8) is 0 Å². The van der Waals surface area contributed by atoms with Crippen molar-refractivity contribution >= 4 is 17.3 Å². The number of hydrogen-bond donors (Lipinski definition) is 2. The van der Waals surface area contributed by atoms with Crippen LogP contribution in [0.2, 0.25) is 0 Å². The lowest BCUT2D eigenvalue weighted by molar-refractivity contribution is -0.384. The van der Waals surface area contributed by atoms with E-state index < -0.39 is 10.8 Å². The number of amides is 1. The first kappa shape index (κ1) is 12.5. The summed E-state index contributed by atoms with van der Waals surface area (Å²) in [5.41, 5.74) is 0.378. The molecule has 0 spiro atoms. The molecule has 0 atom stereocenters. The second-order valence-corrected chi connectivity index (χ2v) is 3.65. The van der Waals surface area contributed by atoms with Gasteiger partial charge in [0.15, 0.2) is 5.75 Å². The number of aromatic nitrogens is 1. The third-order valence-corrected chi connectivity index (χ3v) is 2.39. The highest BCUT2D eigenvalue weighted by atomic mass is 16.6. The molecule has 0 unspecified atom stereocenters. The predicted molar refractivity (Wildman–Crippen MR) is 67.0 cm³/mol. The molecule has 0 aliphatic heterocycles. The highest BCUT2D eigenvalue weighted by Gasteiger charge is 2.11. The van der Waals surface area contributed by atoms with Crippen LogP contribution in [0.5, 0.6) is 5.75 Å². The Hall–Kier alpha value is -2.96. The molecule has 0 aliphatic rings. The third kappa shape index (κ3) is 2.83. The number of rotatable bonds is 3. The molecular weight excluding hydrogens is 250 g/mol. The topological polar surface area (TPSA) is 105 Å². The molecule has 2 N–H and O–H groups in total. The molecule has 0 saturated heterocycles. The Morgan fingerprint density at radius 2 is 1.95 bits per heavy atom. The van der Waals surface area contributed by atoms with Gasteiger partial charge in [-0.1, -0.05) is 0 Å². The SMILES string of the molecule is O=C(Nc1ccncc1O)c1ccc([N+](=O)[O-])cc1. The number of nitro benzene ring substituents is 1. The van der Waals surface area contributed by atoms with Gasteiger partial charge in [-0.2, -0.15) is 0 Å². The molecule has 0 saturated carbocycles. The number of benzene rings is 1. The Balaban J connectivity index is 2.16. The van der Waals surface area contributed by atoms with Crippen LogP contribution in [0, 0.1) is 10.1 Å². The molecule has 96 valence electrons. The van der Waals surface area contributed by atoms with E-state index in [0.29, 0.717) is 0 Å². The van der Waals surface area contributed by atoms with Crippen molar-refractivity contribution < 1.29 is 14.8 Å². The van der Waals surface area contributed by atoms with Gasteiger partial charge in [-0.3, -0.25) is 19.9 Å². The van der Waals surface area contributed by atoms with Crippen molar-refractivity contribution in [2.45, 2.75) is 0 Å². The number of nitrogens with zero attached hydrogens (tertiary/aromatic N) is 2. The smallest absolute Gasteiger partial charge is 0.269 e. The van der Waals surface area contributed by atoms with Crippen LogP contribution in [0.3, 0.4) is 0 Å². The van der Waals surface area contributed by atoms with Gasteiger partial charge < -0.3 is 10.4 Å². The lowest BCUT2D eigenvalue weighted by atomic mass is 10.2. The first-order chi connectivity index (χ1) is 9.08. The fourth-order valence-corrected chi connectivity index (χ4v) is 1.42. The Labute approximate surface area is 107 Å². The maximum atomic E-state index is 11.8. The number of hydrogen-bond acceptors (Lipinski definition) is 5. The van der Waals surface area contributed by atoms with Crippen LogP contribution < -0.4 is 5.32 Å². The lowest BCUT2D eigenvalue weighted by Crippen LogP contribution is -2.11. The molecule has 1 aromatic carbocycles. The zero-order valence-electron chi connectivity index (χ0n) is 9.61. The standard InChI is InChI=1S/C12H9N3O4/c16-11-7-13-6-5-10(11)14-12(17)8-1-3-9(4-2-8)15(18)19/h1-7,16H,(H,13,14,17). The van der Waals surface area contributed by atoms with Crippen LogP contribution >= 0.6 is 0 Å². The average Bonchev–Trinajstić information content (AvgIpc) is 2.41. The van der Waals surface area contributed by atoms with Crippen molar-refractivity contribution in [1.82, 2.24) is 4.98 Å². The molecule has 0 bridgehead atoms. The van der Waals surface area contributed by atoms with Crippen LogP contribution in [0.15, 0.2) is 42.7 Å². The molecule has 0 fully saturated rings. The number of carbonyl (C=O) groups excluding carboxylic acids is 1. The van der Waals surface area contributed by atoms with E-state index >= 15 is 0 Å². The van der Waals surface area contributed by atoms with Crippen LogP contribution in [-0.2, 0) is 0 Å². The van der Waals surface area contributed by atoms with E-state index in [2.05, 4.69) is 10.3 Å². The van der Waals surface area contributed by atoms with Crippen LogP contribution in [0.25, 0.3) is 0 Å². The van der Waals surface area contributed by atoms with Crippen molar-refractivity contribution in [2.75, 3.05) is 5.32 Å². The molecular formula is C12H9N3O4. The highest BCUT2D eigenvalue weighted by Crippen LogP contribution is 2.21. The maximum Gasteiger partial charge on any atom is 0.269 e. The molecule has 2 aromatic rings. The van der Waals surface area contributed by atoms with Gasteiger partial charge in [0.25, 0.3) is 11.6 Å². The quantitative estimate of drug-likeness (QED) is 0.647. The number of anilines is 1. The normalized spacial score (nSPS) is 9.89. The number of aromatic hydroxyl groups is 1. The average molecular weight is 259 g/mol. The van der Waals surface area contributed by atoms with Crippen molar-refractivity contribution in [3.8, 4) is 5.75 Å². The van der Waals surface area contributed by atoms with Gasteiger partial charge in [-0.15, -0.1) is 0 Å². The number of nitro groups is 1. The van der Waals surface area contributed by atoms with Crippen LogP contribution in [0.4, 0.5) is 11.4 Å². The zero-order valence-corrected chi connectivity index (χ0v) is 9.61. The summed E-state index contributed by atoms with van der Waals surface area (Å²) in [6, 6.07) is 6.60. The van der Waals surface area contributed by atoms with Gasteiger partial charge in [-0.25, -0.2) is 0 Å². The van der Waals surface area contributed by atoms with E-state index in [0.717, 1.165) is 0 Å². The summed E-state index contributed by atoms with van der Waals surface area (Å²) in [4.78, 5) is 25.5. The first-order valence-corrected chi connectivity index (χ1v) is 5.26. The van der Waals surface area contributed by atoms with E-state index in [4.69, 9.17) is 0 Å². The summed E-state index contributed by atoms with van der Waals surface area (Å²) in [6.07, 6.45) is 2.62. The molecule has 2 rings (SSSR count). The van der Waals surface area contributed by atoms with E-state index in [1.807, 2.05) is 0 Å². The fourth-order valence-electron chi connectivity index (χ4n) is 1.42.